The molecule has 2 N–H and O–H groups in total. The van der Waals surface area contributed by atoms with E-state index in [1.54, 1.807) is 0 Å². The normalized spacial score (nSPS) is 11.5. The largest absolute Gasteiger partial charge is 0.494 e. The van der Waals surface area contributed by atoms with Gasteiger partial charge in [0.05, 0.1) is 19.1 Å². The van der Waals surface area contributed by atoms with E-state index in [0.29, 0.717) is 19.6 Å². The summed E-state index contributed by atoms with van der Waals surface area (Å²) >= 11 is 0. The molecule has 1 unspecified atom stereocenters. The van der Waals surface area contributed by atoms with Crippen LogP contribution in [0.5, 0.6) is 5.75 Å². The molecule has 0 heterocycles. The Morgan fingerprint density at radius 3 is 2.35 bits per heavy atom. The molecule has 0 fully saturated rings. The van der Waals surface area contributed by atoms with Crippen molar-refractivity contribution >= 4 is 11.8 Å². The number of hydrogen-bond acceptors (Lipinski definition) is 3. The summed E-state index contributed by atoms with van der Waals surface area (Å²) < 4.78 is 5.41. The third kappa shape index (κ3) is 6.59. The van der Waals surface area contributed by atoms with Crippen LogP contribution in [0.1, 0.15) is 37.4 Å². The Bertz CT molecular complexity index is 699. The Kier molecular flexibility index (Phi) is 7.68. The Balaban J connectivity index is 1.70. The number of hydrogen-bond donors (Lipinski definition) is 2. The van der Waals surface area contributed by atoms with Crippen molar-refractivity contribution in [3.8, 4) is 5.75 Å². The summed E-state index contributed by atoms with van der Waals surface area (Å²) in [5.74, 6) is 0.644. The highest BCUT2D eigenvalue weighted by atomic mass is 16.5. The minimum absolute atomic E-state index is 0.0800. The Morgan fingerprint density at radius 1 is 1.00 bits per heavy atom. The van der Waals surface area contributed by atoms with Gasteiger partial charge in [-0.05, 0) is 37.1 Å². The average Bonchev–Trinajstić information content (AvgIpc) is 2.63. The second kappa shape index (κ2) is 10.2. The fraction of sp³-hybridized carbons (Fsp3) is 0.333. The lowest BCUT2D eigenvalue weighted by atomic mass is 10.1. The third-order valence-corrected chi connectivity index (χ3v) is 3.95. The smallest absolute Gasteiger partial charge is 0.224 e. The molecule has 5 nitrogen and oxygen atoms in total. The van der Waals surface area contributed by atoms with Crippen molar-refractivity contribution in [1.29, 1.82) is 0 Å². The maximum atomic E-state index is 12.0. The summed E-state index contributed by atoms with van der Waals surface area (Å²) in [6, 6.07) is 17.1. The molecule has 0 aliphatic rings. The first-order valence-corrected chi connectivity index (χ1v) is 8.91. The van der Waals surface area contributed by atoms with Crippen molar-refractivity contribution in [2.24, 2.45) is 0 Å². The van der Waals surface area contributed by atoms with E-state index in [1.165, 1.54) is 0 Å². The van der Waals surface area contributed by atoms with E-state index in [1.807, 2.05) is 68.4 Å². The molecule has 0 bridgehead atoms. The predicted molar refractivity (Wildman–Crippen MR) is 102 cm³/mol. The highest BCUT2D eigenvalue weighted by molar-refractivity contribution is 5.80. The van der Waals surface area contributed by atoms with Gasteiger partial charge in [-0.25, -0.2) is 0 Å². The first kappa shape index (κ1) is 19.5. The SMILES string of the molecule is CCOc1ccc(C(C)NC(=O)CCNC(=O)Cc2ccccc2)cc1. The standard InChI is InChI=1S/C21H26N2O3/c1-3-26-19-11-9-18(10-12-19)16(2)23-20(24)13-14-22-21(25)15-17-7-5-4-6-8-17/h4-12,16H,3,13-15H2,1-2H3,(H,22,25)(H,23,24). The molecule has 0 aliphatic carbocycles. The van der Waals surface area contributed by atoms with Crippen molar-refractivity contribution in [3.05, 3.63) is 65.7 Å². The van der Waals surface area contributed by atoms with E-state index >= 15 is 0 Å². The van der Waals surface area contributed by atoms with E-state index in [-0.39, 0.29) is 24.3 Å². The topological polar surface area (TPSA) is 67.4 Å². The van der Waals surface area contributed by atoms with Gasteiger partial charge in [-0.15, -0.1) is 0 Å². The summed E-state index contributed by atoms with van der Waals surface area (Å²) in [5.41, 5.74) is 1.97. The van der Waals surface area contributed by atoms with Crippen molar-refractivity contribution in [1.82, 2.24) is 10.6 Å². The zero-order valence-corrected chi connectivity index (χ0v) is 15.3. The van der Waals surface area contributed by atoms with Crippen LogP contribution in [0.4, 0.5) is 0 Å². The van der Waals surface area contributed by atoms with Gasteiger partial charge in [0.25, 0.3) is 0 Å². The number of carbonyl (C=O) groups is 2. The summed E-state index contributed by atoms with van der Waals surface area (Å²) in [6.07, 6.45) is 0.576. The summed E-state index contributed by atoms with van der Waals surface area (Å²) in [4.78, 5) is 23.9. The van der Waals surface area contributed by atoms with E-state index < -0.39 is 0 Å². The van der Waals surface area contributed by atoms with E-state index in [0.717, 1.165) is 16.9 Å². The Hall–Kier alpha value is -2.82. The second-order valence-corrected chi connectivity index (χ2v) is 6.05. The maximum Gasteiger partial charge on any atom is 0.224 e. The third-order valence-electron chi connectivity index (χ3n) is 3.95. The summed E-state index contributed by atoms with van der Waals surface area (Å²) in [6.45, 7) is 4.83. The molecule has 0 saturated carbocycles. The maximum absolute atomic E-state index is 12.0. The predicted octanol–water partition coefficient (Wildman–Crippen LogP) is 3.01. The van der Waals surface area contributed by atoms with Gasteiger partial charge in [0, 0.05) is 13.0 Å². The molecule has 2 aromatic carbocycles. The van der Waals surface area contributed by atoms with Crippen LogP contribution in [0, 0.1) is 0 Å². The highest BCUT2D eigenvalue weighted by Crippen LogP contribution is 2.17. The molecule has 0 aliphatic heterocycles. The van der Waals surface area contributed by atoms with Crippen molar-refractivity contribution in [3.63, 3.8) is 0 Å². The molecule has 138 valence electrons. The monoisotopic (exact) mass is 354 g/mol. The van der Waals surface area contributed by atoms with Gasteiger partial charge < -0.3 is 15.4 Å². The van der Waals surface area contributed by atoms with E-state index in [4.69, 9.17) is 4.74 Å². The van der Waals surface area contributed by atoms with Crippen LogP contribution in [0.2, 0.25) is 0 Å². The Morgan fingerprint density at radius 2 is 1.69 bits per heavy atom. The molecule has 0 saturated heterocycles. The second-order valence-electron chi connectivity index (χ2n) is 6.05. The Labute approximate surface area is 154 Å². The molecule has 5 heteroatoms. The van der Waals surface area contributed by atoms with Crippen molar-refractivity contribution < 1.29 is 14.3 Å². The minimum Gasteiger partial charge on any atom is -0.494 e. The first-order valence-electron chi connectivity index (χ1n) is 8.91. The molecule has 0 spiro atoms. The molecule has 2 rings (SSSR count). The number of nitrogens with one attached hydrogen (secondary N) is 2. The number of carbonyl (C=O) groups excluding carboxylic acids is 2. The van der Waals surface area contributed by atoms with Gasteiger partial charge in [-0.3, -0.25) is 9.59 Å². The van der Waals surface area contributed by atoms with Crippen LogP contribution in [0.15, 0.2) is 54.6 Å². The van der Waals surface area contributed by atoms with Crippen LogP contribution in [-0.4, -0.2) is 25.0 Å². The molecule has 26 heavy (non-hydrogen) atoms. The molecule has 2 aromatic rings. The quantitative estimate of drug-likeness (QED) is 0.727. The molecule has 0 radical (unpaired) electrons. The number of amides is 2. The van der Waals surface area contributed by atoms with Gasteiger partial charge >= 0.3 is 0 Å². The van der Waals surface area contributed by atoms with Gasteiger partial charge in [0.15, 0.2) is 0 Å². The lowest BCUT2D eigenvalue weighted by Gasteiger charge is -2.15. The number of ether oxygens (including phenoxy) is 1. The summed E-state index contributed by atoms with van der Waals surface area (Å²) in [7, 11) is 0. The van der Waals surface area contributed by atoms with Crippen LogP contribution in [0.25, 0.3) is 0 Å². The van der Waals surface area contributed by atoms with E-state index in [9.17, 15) is 9.59 Å². The van der Waals surface area contributed by atoms with Gasteiger partial charge in [0.1, 0.15) is 5.75 Å². The fourth-order valence-electron chi connectivity index (χ4n) is 2.58. The average molecular weight is 354 g/mol. The number of rotatable bonds is 9. The van der Waals surface area contributed by atoms with Gasteiger partial charge in [0.2, 0.25) is 11.8 Å². The minimum atomic E-state index is -0.0989. The van der Waals surface area contributed by atoms with Crippen molar-refractivity contribution in [2.75, 3.05) is 13.2 Å². The lowest BCUT2D eigenvalue weighted by Crippen LogP contribution is -2.32. The van der Waals surface area contributed by atoms with E-state index in [2.05, 4.69) is 10.6 Å². The summed E-state index contributed by atoms with van der Waals surface area (Å²) in [5, 5.41) is 5.72. The van der Waals surface area contributed by atoms with Crippen LogP contribution in [-0.2, 0) is 16.0 Å². The van der Waals surface area contributed by atoms with Crippen molar-refractivity contribution in [2.45, 2.75) is 32.7 Å². The van der Waals surface area contributed by atoms with Crippen LogP contribution >= 0.6 is 0 Å². The lowest BCUT2D eigenvalue weighted by molar-refractivity contribution is -0.122. The van der Waals surface area contributed by atoms with Gasteiger partial charge in [-0.1, -0.05) is 42.5 Å². The highest BCUT2D eigenvalue weighted by Gasteiger charge is 2.10. The van der Waals surface area contributed by atoms with Crippen LogP contribution in [0.3, 0.4) is 0 Å². The zero-order valence-electron chi connectivity index (χ0n) is 15.3. The molecule has 0 aromatic heterocycles. The zero-order chi connectivity index (χ0) is 18.8. The molecular weight excluding hydrogens is 328 g/mol. The first-order chi connectivity index (χ1) is 12.6. The van der Waals surface area contributed by atoms with Crippen LogP contribution < -0.4 is 15.4 Å². The van der Waals surface area contributed by atoms with Gasteiger partial charge in [-0.2, -0.15) is 0 Å². The molecular formula is C21H26N2O3. The fourth-order valence-corrected chi connectivity index (χ4v) is 2.58. The molecule has 1 atom stereocenters. The molecule has 2 amide bonds. The number of benzene rings is 2.